The zero-order valence-electron chi connectivity index (χ0n) is 7.80. The molecule has 63 valence electrons. The summed E-state index contributed by atoms with van der Waals surface area (Å²) in [4.78, 5) is 0. The van der Waals surface area contributed by atoms with Crippen LogP contribution in [0.5, 0.6) is 0 Å². The molecular formula is C12H15. The zero-order chi connectivity index (χ0) is 8.81. The van der Waals surface area contributed by atoms with Crippen molar-refractivity contribution in [2.75, 3.05) is 0 Å². The topological polar surface area (TPSA) is 0 Å². The third-order valence-corrected chi connectivity index (χ3v) is 1.84. The first-order chi connectivity index (χ1) is 5.86. The number of benzene rings is 1. The van der Waals surface area contributed by atoms with E-state index in [1.54, 1.807) is 0 Å². The van der Waals surface area contributed by atoms with Crippen LogP contribution < -0.4 is 0 Å². The fraction of sp³-hybridized carbons (Fsp3) is 0.333. The second-order valence-electron chi connectivity index (χ2n) is 2.81. The molecule has 0 saturated heterocycles. The second-order valence-corrected chi connectivity index (χ2v) is 2.81. The van der Waals surface area contributed by atoms with E-state index < -0.39 is 0 Å². The molecule has 0 heteroatoms. The van der Waals surface area contributed by atoms with Crippen LogP contribution in [0.25, 0.3) is 0 Å². The van der Waals surface area contributed by atoms with E-state index in [1.165, 1.54) is 11.1 Å². The van der Waals surface area contributed by atoms with Crippen LogP contribution in [0.3, 0.4) is 0 Å². The van der Waals surface area contributed by atoms with Gasteiger partial charge in [0, 0.05) is 0 Å². The van der Waals surface area contributed by atoms with Gasteiger partial charge in [0.05, 0.1) is 0 Å². The molecule has 0 aliphatic carbocycles. The number of hydrogen-bond acceptors (Lipinski definition) is 0. The summed E-state index contributed by atoms with van der Waals surface area (Å²) in [5.74, 6) is 0. The molecule has 1 radical (unpaired) electrons. The van der Waals surface area contributed by atoms with Gasteiger partial charge in [-0.3, -0.25) is 0 Å². The molecule has 0 aromatic heterocycles. The van der Waals surface area contributed by atoms with Crippen LogP contribution >= 0.6 is 0 Å². The second kappa shape index (κ2) is 4.76. The fourth-order valence-electron chi connectivity index (χ4n) is 1.06. The molecule has 0 atom stereocenters. The minimum Gasteiger partial charge on any atom is -0.0763 e. The predicted molar refractivity (Wildman–Crippen MR) is 53.0 cm³/mol. The Kier molecular flexibility index (Phi) is 3.59. The summed E-state index contributed by atoms with van der Waals surface area (Å²) in [5.41, 5.74) is 2.56. The van der Waals surface area contributed by atoms with Crippen molar-refractivity contribution < 1.29 is 0 Å². The van der Waals surface area contributed by atoms with Crippen molar-refractivity contribution >= 4 is 0 Å². The third-order valence-electron chi connectivity index (χ3n) is 1.84. The molecule has 1 aromatic carbocycles. The van der Waals surface area contributed by atoms with Crippen LogP contribution in [0, 0.1) is 6.08 Å². The molecule has 0 fully saturated rings. The van der Waals surface area contributed by atoms with E-state index in [1.807, 2.05) is 0 Å². The lowest BCUT2D eigenvalue weighted by molar-refractivity contribution is 1.14. The number of allylic oxidation sites excluding steroid dienone is 1. The Morgan fingerprint density at radius 1 is 1.17 bits per heavy atom. The van der Waals surface area contributed by atoms with Crippen LogP contribution in [0.1, 0.15) is 31.4 Å². The molecule has 0 N–H and O–H groups in total. The first-order valence-corrected chi connectivity index (χ1v) is 4.54. The van der Waals surface area contributed by atoms with Crippen LogP contribution in [0.4, 0.5) is 0 Å². The first-order valence-electron chi connectivity index (χ1n) is 4.54. The van der Waals surface area contributed by atoms with Gasteiger partial charge >= 0.3 is 0 Å². The van der Waals surface area contributed by atoms with Gasteiger partial charge in [-0.2, -0.15) is 0 Å². The van der Waals surface area contributed by atoms with Crippen LogP contribution in [0.2, 0.25) is 0 Å². The highest BCUT2D eigenvalue weighted by atomic mass is 13.9. The number of hydrogen-bond donors (Lipinski definition) is 0. The normalized spacial score (nSPS) is 10.8. The lowest BCUT2D eigenvalue weighted by Crippen LogP contribution is -1.79. The number of aryl methyl sites for hydroxylation is 1. The van der Waals surface area contributed by atoms with Gasteiger partial charge in [0.25, 0.3) is 0 Å². The van der Waals surface area contributed by atoms with Crippen molar-refractivity contribution in [3.8, 4) is 0 Å². The molecular weight excluding hydrogens is 144 g/mol. The highest BCUT2D eigenvalue weighted by molar-refractivity contribution is 5.26. The average molecular weight is 159 g/mol. The summed E-state index contributed by atoms with van der Waals surface area (Å²) >= 11 is 0. The Bertz CT molecular complexity index is 241. The van der Waals surface area contributed by atoms with Gasteiger partial charge in [0.1, 0.15) is 0 Å². The minimum absolute atomic E-state index is 1.05. The minimum atomic E-state index is 1.05. The molecule has 0 nitrogen and oxygen atoms in total. The maximum absolute atomic E-state index is 3.22. The van der Waals surface area contributed by atoms with Crippen molar-refractivity contribution in [1.29, 1.82) is 0 Å². The molecule has 1 aromatic rings. The summed E-state index contributed by atoms with van der Waals surface area (Å²) in [6, 6.07) is 8.55. The highest BCUT2D eigenvalue weighted by Gasteiger charge is 1.88. The Hall–Kier alpha value is -1.04. The molecule has 1 rings (SSSR count). The Morgan fingerprint density at radius 2 is 1.83 bits per heavy atom. The summed E-state index contributed by atoms with van der Waals surface area (Å²) in [7, 11) is 0. The quantitative estimate of drug-likeness (QED) is 0.634. The van der Waals surface area contributed by atoms with Gasteiger partial charge in [-0.05, 0) is 30.0 Å². The van der Waals surface area contributed by atoms with Gasteiger partial charge in [-0.15, -0.1) is 0 Å². The van der Waals surface area contributed by atoms with Crippen molar-refractivity contribution in [2.45, 2.75) is 26.7 Å². The highest BCUT2D eigenvalue weighted by Crippen LogP contribution is 2.05. The van der Waals surface area contributed by atoms with Gasteiger partial charge in [-0.1, -0.05) is 44.2 Å². The van der Waals surface area contributed by atoms with Crippen molar-refractivity contribution in [3.63, 3.8) is 0 Å². The first kappa shape index (κ1) is 9.05. The maximum atomic E-state index is 3.22. The third kappa shape index (κ3) is 2.54. The van der Waals surface area contributed by atoms with E-state index in [0.717, 1.165) is 12.8 Å². The Labute approximate surface area is 74.9 Å². The maximum Gasteiger partial charge on any atom is -0.0149 e. The lowest BCUT2D eigenvalue weighted by Gasteiger charge is -1.95. The van der Waals surface area contributed by atoms with Gasteiger partial charge in [0.2, 0.25) is 0 Å². The van der Waals surface area contributed by atoms with Crippen molar-refractivity contribution in [2.24, 2.45) is 0 Å². The summed E-state index contributed by atoms with van der Waals surface area (Å²) in [6.07, 6.45) is 7.44. The molecule has 0 saturated carbocycles. The Morgan fingerprint density at radius 3 is 2.33 bits per heavy atom. The molecule has 0 aliphatic heterocycles. The summed E-state index contributed by atoms with van der Waals surface area (Å²) < 4.78 is 0. The lowest BCUT2D eigenvalue weighted by atomic mass is 10.1. The average Bonchev–Trinajstić information content (AvgIpc) is 2.15. The SMILES string of the molecule is CC/C=[C]\c1ccc(CC)cc1. The molecule has 0 spiro atoms. The van der Waals surface area contributed by atoms with Crippen molar-refractivity contribution in [1.82, 2.24) is 0 Å². The fourth-order valence-corrected chi connectivity index (χ4v) is 1.06. The molecule has 0 heterocycles. The smallest absolute Gasteiger partial charge is 0.0149 e. The van der Waals surface area contributed by atoms with E-state index in [4.69, 9.17) is 0 Å². The molecule has 0 amide bonds. The molecule has 0 unspecified atom stereocenters. The van der Waals surface area contributed by atoms with Gasteiger partial charge in [-0.25, -0.2) is 0 Å². The molecule has 0 aliphatic rings. The van der Waals surface area contributed by atoms with Crippen LogP contribution in [-0.2, 0) is 6.42 Å². The number of rotatable bonds is 3. The monoisotopic (exact) mass is 159 g/mol. The van der Waals surface area contributed by atoms with E-state index in [2.05, 4.69) is 50.3 Å². The van der Waals surface area contributed by atoms with Crippen LogP contribution in [0.15, 0.2) is 30.3 Å². The molecule has 12 heavy (non-hydrogen) atoms. The van der Waals surface area contributed by atoms with E-state index in [-0.39, 0.29) is 0 Å². The van der Waals surface area contributed by atoms with E-state index in [0.29, 0.717) is 0 Å². The van der Waals surface area contributed by atoms with E-state index >= 15 is 0 Å². The zero-order valence-corrected chi connectivity index (χ0v) is 7.80. The summed E-state index contributed by atoms with van der Waals surface area (Å²) in [5, 5.41) is 0. The van der Waals surface area contributed by atoms with Crippen molar-refractivity contribution in [3.05, 3.63) is 47.5 Å². The van der Waals surface area contributed by atoms with Gasteiger partial charge < -0.3 is 0 Å². The standard InChI is InChI=1S/C12H15/c1-3-5-6-12-9-7-11(4-2)8-10-12/h5,7-10H,3-4H2,1-2H3. The Balaban J connectivity index is 2.71. The summed E-state index contributed by atoms with van der Waals surface area (Å²) in [6.45, 7) is 4.29. The molecule has 0 bridgehead atoms. The predicted octanol–water partition coefficient (Wildman–Crippen LogP) is 3.37. The van der Waals surface area contributed by atoms with Crippen LogP contribution in [-0.4, -0.2) is 0 Å². The largest absolute Gasteiger partial charge is 0.0763 e. The van der Waals surface area contributed by atoms with E-state index in [9.17, 15) is 0 Å². The van der Waals surface area contributed by atoms with Gasteiger partial charge in [0.15, 0.2) is 0 Å².